The van der Waals surface area contributed by atoms with Crippen molar-refractivity contribution >= 4 is 29.6 Å². The lowest BCUT2D eigenvalue weighted by molar-refractivity contribution is -0.123. The molecule has 3 N–H and O–H groups in total. The Balaban J connectivity index is 1.39. The number of aromatic carboxylic acids is 1. The lowest BCUT2D eigenvalue weighted by atomic mass is 9.84. The Kier molecular flexibility index (Phi) is 11.7. The molecule has 11 heteroatoms. The number of piperazine rings is 1. The van der Waals surface area contributed by atoms with Crippen LogP contribution in [0, 0.1) is 0 Å². The van der Waals surface area contributed by atoms with Gasteiger partial charge in [-0.25, -0.2) is 9.59 Å². The zero-order valence-corrected chi connectivity index (χ0v) is 28.5. The van der Waals surface area contributed by atoms with Gasteiger partial charge < -0.3 is 30.1 Å². The largest absolute Gasteiger partial charge is 0.478 e. The highest BCUT2D eigenvalue weighted by atomic mass is 16.6. The fourth-order valence-corrected chi connectivity index (χ4v) is 6.23. The minimum Gasteiger partial charge on any atom is -0.478 e. The van der Waals surface area contributed by atoms with Crippen LogP contribution in [-0.4, -0.2) is 91.0 Å². The molecule has 1 aliphatic carbocycles. The lowest BCUT2D eigenvalue weighted by Gasteiger charge is -2.41. The predicted molar refractivity (Wildman–Crippen MR) is 180 cm³/mol. The number of amides is 3. The van der Waals surface area contributed by atoms with E-state index in [1.54, 1.807) is 52.1 Å². The molecule has 256 valence electrons. The first-order chi connectivity index (χ1) is 22.1. The zero-order valence-electron chi connectivity index (χ0n) is 28.5. The number of carboxylic acids is 1. The van der Waals surface area contributed by atoms with E-state index in [9.17, 15) is 24.3 Å². The standard InChI is InChI=1S/C36H50N4O7/c1-35(2,3)47-34(45)38-30(32(42)37-23-36(4,5)26-11-9-25(10-12-26)33(43)44)21-24-7-13-28(14-8-24)40-20-19-39(22-31(40)41)27-15-17-29(46-6)18-16-27/h7-14,27,29-30H,15-23H2,1-6H3,(H,37,42)(H,38,45)(H,43,44)/t27?,29?,30-/m0/s1. The molecule has 1 heterocycles. The van der Waals surface area contributed by atoms with Gasteiger partial charge in [0.2, 0.25) is 11.8 Å². The number of anilines is 1. The molecule has 0 radical (unpaired) electrons. The number of nitrogens with zero attached hydrogens (tertiary/aromatic N) is 2. The van der Waals surface area contributed by atoms with Crippen LogP contribution in [0.5, 0.6) is 0 Å². The van der Waals surface area contributed by atoms with Crippen molar-refractivity contribution in [3.8, 4) is 0 Å². The average molecular weight is 651 g/mol. The molecule has 2 aromatic rings. The van der Waals surface area contributed by atoms with E-state index in [4.69, 9.17) is 9.47 Å². The molecule has 2 fully saturated rings. The average Bonchev–Trinajstić information content (AvgIpc) is 3.03. The van der Waals surface area contributed by atoms with E-state index in [1.807, 2.05) is 43.0 Å². The van der Waals surface area contributed by atoms with Gasteiger partial charge in [0.25, 0.3) is 0 Å². The van der Waals surface area contributed by atoms with Crippen LogP contribution in [-0.2, 0) is 30.9 Å². The Labute approximate surface area is 278 Å². The van der Waals surface area contributed by atoms with Crippen molar-refractivity contribution in [3.05, 3.63) is 65.2 Å². The Morgan fingerprint density at radius 2 is 1.57 bits per heavy atom. The minimum atomic E-state index is -1.00. The lowest BCUT2D eigenvalue weighted by Crippen LogP contribution is -2.54. The molecular formula is C36H50N4O7. The number of carboxylic acid groups (broad SMARTS) is 1. The van der Waals surface area contributed by atoms with E-state index in [2.05, 4.69) is 15.5 Å². The Bertz CT molecular complexity index is 1390. The maximum Gasteiger partial charge on any atom is 0.408 e. The van der Waals surface area contributed by atoms with E-state index >= 15 is 0 Å². The normalized spacial score (nSPS) is 20.0. The molecule has 1 saturated heterocycles. The minimum absolute atomic E-state index is 0.0712. The number of carbonyl (C=O) groups excluding carboxylic acids is 3. The van der Waals surface area contributed by atoms with E-state index in [-0.39, 0.29) is 30.3 Å². The van der Waals surface area contributed by atoms with Crippen LogP contribution in [0.25, 0.3) is 0 Å². The maximum absolute atomic E-state index is 13.5. The van der Waals surface area contributed by atoms with Crippen LogP contribution in [0.15, 0.2) is 48.5 Å². The summed E-state index contributed by atoms with van der Waals surface area (Å²) in [7, 11) is 1.76. The number of nitrogens with one attached hydrogen (secondary N) is 2. The van der Waals surface area contributed by atoms with E-state index in [0.29, 0.717) is 25.2 Å². The second-order valence-corrected chi connectivity index (χ2v) is 14.2. The van der Waals surface area contributed by atoms with Gasteiger partial charge in [0.15, 0.2) is 0 Å². The van der Waals surface area contributed by atoms with Gasteiger partial charge in [-0.2, -0.15) is 0 Å². The summed E-state index contributed by atoms with van der Waals surface area (Å²) in [4.78, 5) is 54.8. The highest BCUT2D eigenvalue weighted by Gasteiger charge is 2.33. The Morgan fingerprint density at radius 3 is 2.13 bits per heavy atom. The van der Waals surface area contributed by atoms with Crippen molar-refractivity contribution in [1.82, 2.24) is 15.5 Å². The quantitative estimate of drug-likeness (QED) is 0.323. The number of ether oxygens (including phenoxy) is 2. The third kappa shape index (κ3) is 10.0. The summed E-state index contributed by atoms with van der Waals surface area (Å²) in [5.74, 6) is -1.31. The molecule has 1 saturated carbocycles. The van der Waals surface area contributed by atoms with Crippen LogP contribution in [0.1, 0.15) is 81.8 Å². The molecule has 1 atom stereocenters. The van der Waals surface area contributed by atoms with Crippen LogP contribution in [0.2, 0.25) is 0 Å². The third-order valence-corrected chi connectivity index (χ3v) is 9.06. The van der Waals surface area contributed by atoms with Crippen molar-refractivity contribution < 1.29 is 33.8 Å². The highest BCUT2D eigenvalue weighted by Crippen LogP contribution is 2.27. The highest BCUT2D eigenvalue weighted by molar-refractivity contribution is 5.95. The second kappa shape index (κ2) is 15.3. The van der Waals surface area contributed by atoms with Crippen molar-refractivity contribution in [2.24, 2.45) is 0 Å². The fourth-order valence-electron chi connectivity index (χ4n) is 6.23. The molecule has 1 aliphatic heterocycles. The fraction of sp³-hybridized carbons (Fsp3) is 0.556. The van der Waals surface area contributed by atoms with Crippen molar-refractivity contribution in [3.63, 3.8) is 0 Å². The van der Waals surface area contributed by atoms with Gasteiger partial charge in [-0.15, -0.1) is 0 Å². The molecule has 0 bridgehead atoms. The van der Waals surface area contributed by atoms with Crippen LogP contribution < -0.4 is 15.5 Å². The Morgan fingerprint density at radius 1 is 0.936 bits per heavy atom. The zero-order chi connectivity index (χ0) is 34.4. The third-order valence-electron chi connectivity index (χ3n) is 9.06. The molecule has 2 aliphatic rings. The van der Waals surface area contributed by atoms with Crippen molar-refractivity contribution in [2.45, 2.75) is 95.9 Å². The summed E-state index contributed by atoms with van der Waals surface area (Å²) in [5.41, 5.74) is 1.42. The molecule has 0 spiro atoms. The number of carbonyl (C=O) groups is 4. The molecular weight excluding hydrogens is 600 g/mol. The molecule has 2 aromatic carbocycles. The topological polar surface area (TPSA) is 138 Å². The Hall–Kier alpha value is -3.96. The van der Waals surface area contributed by atoms with E-state index in [1.165, 1.54) is 0 Å². The van der Waals surface area contributed by atoms with Gasteiger partial charge in [-0.3, -0.25) is 14.5 Å². The number of hydrogen-bond acceptors (Lipinski definition) is 7. The summed E-state index contributed by atoms with van der Waals surface area (Å²) in [6.07, 6.45) is 3.98. The first-order valence-corrected chi connectivity index (χ1v) is 16.4. The second-order valence-electron chi connectivity index (χ2n) is 14.2. The maximum atomic E-state index is 13.5. The number of hydrogen-bond donors (Lipinski definition) is 3. The van der Waals surface area contributed by atoms with Gasteiger partial charge in [0, 0.05) is 50.3 Å². The summed E-state index contributed by atoms with van der Waals surface area (Å²) < 4.78 is 10.9. The molecule has 11 nitrogen and oxygen atoms in total. The van der Waals surface area contributed by atoms with Gasteiger partial charge >= 0.3 is 12.1 Å². The van der Waals surface area contributed by atoms with Crippen LogP contribution in [0.4, 0.5) is 10.5 Å². The summed E-state index contributed by atoms with van der Waals surface area (Å²) in [6.45, 7) is 11.2. The predicted octanol–water partition coefficient (Wildman–Crippen LogP) is 4.52. The van der Waals surface area contributed by atoms with E-state index in [0.717, 1.165) is 49.0 Å². The number of benzene rings is 2. The molecule has 3 amide bonds. The number of methoxy groups -OCH3 is 1. The van der Waals surface area contributed by atoms with Crippen molar-refractivity contribution in [1.29, 1.82) is 0 Å². The first kappa shape index (κ1) is 35.9. The molecule has 4 rings (SSSR count). The molecule has 0 aromatic heterocycles. The van der Waals surface area contributed by atoms with E-state index < -0.39 is 29.1 Å². The van der Waals surface area contributed by atoms with Gasteiger partial charge in [0.1, 0.15) is 11.6 Å². The van der Waals surface area contributed by atoms with Crippen LogP contribution in [0.3, 0.4) is 0 Å². The SMILES string of the molecule is COC1CCC(N2CCN(c3ccc(C[C@H](NC(=O)OC(C)(C)C)C(=O)NCC(C)(C)c4ccc(C(=O)O)cc4)cc3)C(=O)C2)CC1. The smallest absolute Gasteiger partial charge is 0.408 e. The summed E-state index contributed by atoms with van der Waals surface area (Å²) in [6, 6.07) is 13.6. The summed E-state index contributed by atoms with van der Waals surface area (Å²) >= 11 is 0. The monoisotopic (exact) mass is 650 g/mol. The first-order valence-electron chi connectivity index (χ1n) is 16.4. The molecule has 0 unspecified atom stereocenters. The van der Waals surface area contributed by atoms with Gasteiger partial charge in [0.05, 0.1) is 18.2 Å². The number of rotatable bonds is 11. The van der Waals surface area contributed by atoms with Crippen molar-refractivity contribution in [2.75, 3.05) is 38.2 Å². The van der Waals surface area contributed by atoms with Gasteiger partial charge in [-0.05, 0) is 81.8 Å². The number of alkyl carbamates (subject to hydrolysis) is 1. The van der Waals surface area contributed by atoms with Crippen LogP contribution >= 0.6 is 0 Å². The molecule has 47 heavy (non-hydrogen) atoms. The summed E-state index contributed by atoms with van der Waals surface area (Å²) in [5, 5.41) is 14.9. The van der Waals surface area contributed by atoms with Gasteiger partial charge in [-0.1, -0.05) is 38.1 Å².